The summed E-state index contributed by atoms with van der Waals surface area (Å²) in [7, 11) is 0. The second-order valence-electron chi connectivity index (χ2n) is 6.34. The molecule has 1 saturated carbocycles. The van der Waals surface area contributed by atoms with E-state index in [4.69, 9.17) is 9.47 Å². The molecule has 0 heterocycles. The van der Waals surface area contributed by atoms with Crippen LogP contribution in [0.5, 0.6) is 11.5 Å². The summed E-state index contributed by atoms with van der Waals surface area (Å²) in [6, 6.07) is 11.5. The van der Waals surface area contributed by atoms with Gasteiger partial charge in [0.25, 0.3) is 5.91 Å². The molecule has 1 fully saturated rings. The molecule has 1 unspecified atom stereocenters. The number of hydrogen-bond acceptors (Lipinski definition) is 3. The summed E-state index contributed by atoms with van der Waals surface area (Å²) in [5.41, 5.74) is 0.623. The van der Waals surface area contributed by atoms with Gasteiger partial charge in [0, 0.05) is 0 Å². The molecule has 26 heavy (non-hydrogen) atoms. The molecule has 1 N–H and O–H groups in total. The van der Waals surface area contributed by atoms with Gasteiger partial charge >= 0.3 is 0 Å². The first kappa shape index (κ1) is 18.7. The number of amides is 1. The predicted molar refractivity (Wildman–Crippen MR) is 102 cm³/mol. The van der Waals surface area contributed by atoms with E-state index in [2.05, 4.69) is 21.2 Å². The lowest BCUT2D eigenvalue weighted by Gasteiger charge is -2.19. The SMILES string of the molecule is CC(Oc1ccc(F)cc1Br)C(=O)Nc1ccccc1OC1CCCC1. The van der Waals surface area contributed by atoms with Crippen molar-refractivity contribution >= 4 is 27.5 Å². The summed E-state index contributed by atoms with van der Waals surface area (Å²) >= 11 is 3.24. The number of benzene rings is 2. The smallest absolute Gasteiger partial charge is 0.265 e. The topological polar surface area (TPSA) is 47.6 Å². The number of halogens is 2. The van der Waals surface area contributed by atoms with Crippen molar-refractivity contribution in [2.75, 3.05) is 5.32 Å². The van der Waals surface area contributed by atoms with E-state index in [0.29, 0.717) is 21.7 Å². The molecule has 0 radical (unpaired) electrons. The average molecular weight is 422 g/mol. The molecule has 0 saturated heterocycles. The quantitative estimate of drug-likeness (QED) is 0.686. The fourth-order valence-electron chi connectivity index (χ4n) is 2.91. The van der Waals surface area contributed by atoms with Crippen molar-refractivity contribution in [1.82, 2.24) is 0 Å². The van der Waals surface area contributed by atoms with Gasteiger partial charge in [-0.3, -0.25) is 4.79 Å². The van der Waals surface area contributed by atoms with Crippen molar-refractivity contribution in [3.05, 3.63) is 52.8 Å². The van der Waals surface area contributed by atoms with Gasteiger partial charge in [0.1, 0.15) is 17.3 Å². The zero-order valence-corrected chi connectivity index (χ0v) is 16.1. The van der Waals surface area contributed by atoms with Crippen molar-refractivity contribution in [3.8, 4) is 11.5 Å². The van der Waals surface area contributed by atoms with Gasteiger partial charge < -0.3 is 14.8 Å². The van der Waals surface area contributed by atoms with Crippen LogP contribution >= 0.6 is 15.9 Å². The maximum atomic E-state index is 13.2. The Morgan fingerprint density at radius 1 is 1.19 bits per heavy atom. The average Bonchev–Trinajstić information content (AvgIpc) is 3.12. The number of carbonyl (C=O) groups excluding carboxylic acids is 1. The van der Waals surface area contributed by atoms with Gasteiger partial charge in [-0.2, -0.15) is 0 Å². The Kier molecular flexibility index (Phi) is 6.14. The summed E-state index contributed by atoms with van der Waals surface area (Å²) < 4.78 is 25.3. The molecule has 138 valence electrons. The van der Waals surface area contributed by atoms with Crippen LogP contribution in [0.25, 0.3) is 0 Å². The molecular formula is C20H21BrFNO3. The minimum absolute atomic E-state index is 0.205. The Labute approximate surface area is 160 Å². The standard InChI is InChI=1S/C20H21BrFNO3/c1-13(25-18-11-10-14(22)12-16(18)21)20(24)23-17-8-4-5-9-19(17)26-15-6-2-3-7-15/h4-5,8-13,15H,2-3,6-7H2,1H3,(H,23,24). The summed E-state index contributed by atoms with van der Waals surface area (Å²) in [4.78, 5) is 12.5. The number of hydrogen-bond donors (Lipinski definition) is 1. The first-order chi connectivity index (χ1) is 12.5. The third-order valence-corrected chi connectivity index (χ3v) is 4.93. The highest BCUT2D eigenvalue weighted by Gasteiger charge is 2.21. The van der Waals surface area contributed by atoms with Gasteiger partial charge in [-0.15, -0.1) is 0 Å². The van der Waals surface area contributed by atoms with Crippen LogP contribution in [0, 0.1) is 5.82 Å². The number of para-hydroxylation sites is 2. The molecule has 3 rings (SSSR count). The van der Waals surface area contributed by atoms with E-state index in [1.54, 1.807) is 6.92 Å². The number of nitrogens with one attached hydrogen (secondary N) is 1. The van der Waals surface area contributed by atoms with Gasteiger partial charge in [0.05, 0.1) is 16.3 Å². The zero-order valence-electron chi connectivity index (χ0n) is 14.5. The lowest BCUT2D eigenvalue weighted by Crippen LogP contribution is -2.30. The van der Waals surface area contributed by atoms with Gasteiger partial charge in [-0.1, -0.05) is 12.1 Å². The lowest BCUT2D eigenvalue weighted by atomic mass is 10.2. The molecule has 2 aromatic rings. The van der Waals surface area contributed by atoms with Crippen LogP contribution in [0.2, 0.25) is 0 Å². The number of carbonyl (C=O) groups is 1. The minimum Gasteiger partial charge on any atom is -0.488 e. The second-order valence-corrected chi connectivity index (χ2v) is 7.20. The Hall–Kier alpha value is -2.08. The predicted octanol–water partition coefficient (Wildman–Crippen LogP) is 5.32. The molecule has 0 aliphatic heterocycles. The molecule has 0 aromatic heterocycles. The van der Waals surface area contributed by atoms with E-state index in [1.165, 1.54) is 31.0 Å². The van der Waals surface area contributed by atoms with Crippen LogP contribution in [0.15, 0.2) is 46.9 Å². The Morgan fingerprint density at radius 3 is 2.65 bits per heavy atom. The summed E-state index contributed by atoms with van der Waals surface area (Å²) in [6.07, 6.45) is 3.89. The highest BCUT2D eigenvalue weighted by atomic mass is 79.9. The zero-order chi connectivity index (χ0) is 18.5. The van der Waals surface area contributed by atoms with E-state index < -0.39 is 6.10 Å². The molecule has 1 aliphatic carbocycles. The fourth-order valence-corrected chi connectivity index (χ4v) is 3.35. The van der Waals surface area contributed by atoms with Crippen molar-refractivity contribution < 1.29 is 18.7 Å². The highest BCUT2D eigenvalue weighted by Crippen LogP contribution is 2.30. The van der Waals surface area contributed by atoms with Gasteiger partial charge in [-0.25, -0.2) is 4.39 Å². The third-order valence-electron chi connectivity index (χ3n) is 4.31. The first-order valence-corrected chi connectivity index (χ1v) is 9.50. The molecular weight excluding hydrogens is 401 g/mol. The van der Waals surface area contributed by atoms with Crippen LogP contribution in [-0.2, 0) is 4.79 Å². The van der Waals surface area contributed by atoms with Crippen LogP contribution in [0.4, 0.5) is 10.1 Å². The van der Waals surface area contributed by atoms with Crippen LogP contribution < -0.4 is 14.8 Å². The monoisotopic (exact) mass is 421 g/mol. The number of rotatable bonds is 6. The Balaban J connectivity index is 1.65. The van der Waals surface area contributed by atoms with E-state index in [9.17, 15) is 9.18 Å². The maximum Gasteiger partial charge on any atom is 0.265 e. The van der Waals surface area contributed by atoms with Crippen molar-refractivity contribution in [1.29, 1.82) is 0 Å². The van der Waals surface area contributed by atoms with Crippen LogP contribution in [0.3, 0.4) is 0 Å². The van der Waals surface area contributed by atoms with E-state index in [1.807, 2.05) is 24.3 Å². The van der Waals surface area contributed by atoms with Crippen molar-refractivity contribution in [2.24, 2.45) is 0 Å². The third kappa shape index (κ3) is 4.75. The molecule has 1 atom stereocenters. The summed E-state index contributed by atoms with van der Waals surface area (Å²) in [5, 5.41) is 2.86. The van der Waals surface area contributed by atoms with E-state index in [0.717, 1.165) is 12.8 Å². The summed E-state index contributed by atoms with van der Waals surface area (Å²) in [6.45, 7) is 1.64. The van der Waals surface area contributed by atoms with Crippen LogP contribution in [0.1, 0.15) is 32.6 Å². The van der Waals surface area contributed by atoms with E-state index in [-0.39, 0.29) is 17.8 Å². The van der Waals surface area contributed by atoms with Crippen LogP contribution in [-0.4, -0.2) is 18.1 Å². The minimum atomic E-state index is -0.753. The molecule has 1 aliphatic rings. The first-order valence-electron chi connectivity index (χ1n) is 8.71. The number of anilines is 1. The lowest BCUT2D eigenvalue weighted by molar-refractivity contribution is -0.122. The molecule has 1 amide bonds. The van der Waals surface area contributed by atoms with Crippen molar-refractivity contribution in [3.63, 3.8) is 0 Å². The fraction of sp³-hybridized carbons (Fsp3) is 0.350. The largest absolute Gasteiger partial charge is 0.488 e. The number of ether oxygens (including phenoxy) is 2. The van der Waals surface area contributed by atoms with E-state index >= 15 is 0 Å². The normalized spacial score (nSPS) is 15.5. The van der Waals surface area contributed by atoms with Gasteiger partial charge in [0.15, 0.2) is 6.10 Å². The molecule has 0 spiro atoms. The Morgan fingerprint density at radius 2 is 1.92 bits per heavy atom. The Bertz CT molecular complexity index is 777. The summed E-state index contributed by atoms with van der Waals surface area (Å²) in [5.74, 6) is 0.399. The maximum absolute atomic E-state index is 13.2. The molecule has 0 bridgehead atoms. The van der Waals surface area contributed by atoms with Gasteiger partial charge in [-0.05, 0) is 78.9 Å². The molecule has 2 aromatic carbocycles. The van der Waals surface area contributed by atoms with Gasteiger partial charge in [0.2, 0.25) is 0 Å². The van der Waals surface area contributed by atoms with Crippen molar-refractivity contribution in [2.45, 2.75) is 44.8 Å². The molecule has 6 heteroatoms. The highest BCUT2D eigenvalue weighted by molar-refractivity contribution is 9.10. The molecule has 4 nitrogen and oxygen atoms in total. The second kappa shape index (κ2) is 8.54.